The first kappa shape index (κ1) is 15.9. The summed E-state index contributed by atoms with van der Waals surface area (Å²) in [5.41, 5.74) is 6.35. The highest BCUT2D eigenvalue weighted by atomic mass is 19.1. The first-order valence-corrected chi connectivity index (χ1v) is 7.80. The molecule has 0 radical (unpaired) electrons. The van der Waals surface area contributed by atoms with Gasteiger partial charge in [0.1, 0.15) is 0 Å². The maximum atomic E-state index is 12.1. The number of halogens is 1. The summed E-state index contributed by atoms with van der Waals surface area (Å²) in [5.74, 6) is 0. The zero-order valence-electron chi connectivity index (χ0n) is 12.1. The molecule has 0 aromatic rings. The zero-order chi connectivity index (χ0) is 13.3. The Morgan fingerprint density at radius 3 is 2.33 bits per heavy atom. The Morgan fingerprint density at radius 1 is 1.06 bits per heavy atom. The van der Waals surface area contributed by atoms with E-state index in [-0.39, 0.29) is 12.2 Å². The quantitative estimate of drug-likeness (QED) is 0.641. The third-order valence-electron chi connectivity index (χ3n) is 4.39. The normalized spacial score (nSPS) is 19.3. The fourth-order valence-electron chi connectivity index (χ4n) is 3.29. The van der Waals surface area contributed by atoms with Crippen LogP contribution in [-0.2, 0) is 0 Å². The second kappa shape index (κ2) is 8.87. The van der Waals surface area contributed by atoms with Crippen LogP contribution < -0.4 is 5.73 Å². The van der Waals surface area contributed by atoms with Gasteiger partial charge in [-0.15, -0.1) is 0 Å². The van der Waals surface area contributed by atoms with Crippen molar-refractivity contribution < 1.29 is 4.39 Å². The van der Waals surface area contributed by atoms with Crippen LogP contribution in [0.15, 0.2) is 0 Å². The SMILES string of the molecule is CCCN(CCCCCF)C1(CN)CCCCC1. The van der Waals surface area contributed by atoms with E-state index in [4.69, 9.17) is 5.73 Å². The highest BCUT2D eigenvalue weighted by Crippen LogP contribution is 2.33. The van der Waals surface area contributed by atoms with E-state index in [2.05, 4.69) is 11.8 Å². The highest BCUT2D eigenvalue weighted by Gasteiger charge is 2.35. The average molecular weight is 258 g/mol. The molecule has 0 atom stereocenters. The Labute approximate surface area is 112 Å². The van der Waals surface area contributed by atoms with Crippen molar-refractivity contribution in [1.82, 2.24) is 4.90 Å². The summed E-state index contributed by atoms with van der Waals surface area (Å²) in [5, 5.41) is 0. The van der Waals surface area contributed by atoms with Gasteiger partial charge in [0.05, 0.1) is 6.67 Å². The Kier molecular flexibility index (Phi) is 7.84. The van der Waals surface area contributed by atoms with Crippen molar-refractivity contribution in [1.29, 1.82) is 0 Å². The van der Waals surface area contributed by atoms with Crippen LogP contribution in [0.5, 0.6) is 0 Å². The predicted octanol–water partition coefficient (Wildman–Crippen LogP) is 3.50. The van der Waals surface area contributed by atoms with Crippen molar-refractivity contribution >= 4 is 0 Å². The van der Waals surface area contributed by atoms with Gasteiger partial charge in [-0.2, -0.15) is 0 Å². The third kappa shape index (κ3) is 4.51. The van der Waals surface area contributed by atoms with E-state index in [0.29, 0.717) is 0 Å². The molecule has 1 aliphatic rings. The minimum Gasteiger partial charge on any atom is -0.329 e. The fourth-order valence-corrected chi connectivity index (χ4v) is 3.29. The van der Waals surface area contributed by atoms with Gasteiger partial charge in [0.2, 0.25) is 0 Å². The molecule has 0 aromatic heterocycles. The number of hydrogen-bond donors (Lipinski definition) is 1. The van der Waals surface area contributed by atoms with Crippen LogP contribution in [0.1, 0.15) is 64.7 Å². The molecule has 0 spiro atoms. The summed E-state index contributed by atoms with van der Waals surface area (Å²) in [6, 6.07) is 0. The van der Waals surface area contributed by atoms with Gasteiger partial charge in [0, 0.05) is 12.1 Å². The smallest absolute Gasteiger partial charge is 0.0894 e. The molecular weight excluding hydrogens is 227 g/mol. The first-order chi connectivity index (χ1) is 8.79. The molecule has 2 N–H and O–H groups in total. The van der Waals surface area contributed by atoms with Crippen LogP contribution in [0.4, 0.5) is 4.39 Å². The Hall–Kier alpha value is -0.150. The van der Waals surface area contributed by atoms with Gasteiger partial charge in [-0.25, -0.2) is 0 Å². The number of unbranched alkanes of at least 4 members (excludes halogenated alkanes) is 2. The molecule has 2 nitrogen and oxygen atoms in total. The molecule has 0 saturated heterocycles. The van der Waals surface area contributed by atoms with E-state index in [1.165, 1.54) is 38.5 Å². The first-order valence-electron chi connectivity index (χ1n) is 7.80. The molecular formula is C15H31FN2. The number of nitrogens with zero attached hydrogens (tertiary/aromatic N) is 1. The van der Waals surface area contributed by atoms with E-state index in [0.717, 1.165) is 38.9 Å². The molecule has 0 bridgehead atoms. The van der Waals surface area contributed by atoms with Gasteiger partial charge in [-0.1, -0.05) is 26.2 Å². The van der Waals surface area contributed by atoms with E-state index < -0.39 is 0 Å². The molecule has 108 valence electrons. The molecule has 18 heavy (non-hydrogen) atoms. The van der Waals surface area contributed by atoms with Crippen molar-refractivity contribution in [3.05, 3.63) is 0 Å². The second-order valence-electron chi connectivity index (χ2n) is 5.73. The molecule has 3 heteroatoms. The summed E-state index contributed by atoms with van der Waals surface area (Å²) in [6.45, 7) is 5.10. The maximum Gasteiger partial charge on any atom is 0.0894 e. The number of alkyl halides is 1. The predicted molar refractivity (Wildman–Crippen MR) is 76.6 cm³/mol. The van der Waals surface area contributed by atoms with Gasteiger partial charge < -0.3 is 5.73 Å². The zero-order valence-corrected chi connectivity index (χ0v) is 12.1. The molecule has 1 rings (SSSR count). The van der Waals surface area contributed by atoms with E-state index in [1.54, 1.807) is 0 Å². The summed E-state index contributed by atoms with van der Waals surface area (Å²) < 4.78 is 12.1. The molecule has 0 aliphatic heterocycles. The standard InChI is InChI=1S/C15H31FN2/c1-2-12-18(13-8-4-7-11-16)15(14-17)9-5-3-6-10-15/h2-14,17H2,1H3. The van der Waals surface area contributed by atoms with Crippen LogP contribution in [0.25, 0.3) is 0 Å². The van der Waals surface area contributed by atoms with Gasteiger partial charge in [-0.3, -0.25) is 9.29 Å². The minimum atomic E-state index is -0.171. The Balaban J connectivity index is 2.50. The summed E-state index contributed by atoms with van der Waals surface area (Å²) in [7, 11) is 0. The van der Waals surface area contributed by atoms with Crippen LogP contribution >= 0.6 is 0 Å². The lowest BCUT2D eigenvalue weighted by molar-refractivity contribution is 0.0549. The van der Waals surface area contributed by atoms with Gasteiger partial charge >= 0.3 is 0 Å². The van der Waals surface area contributed by atoms with E-state index in [9.17, 15) is 4.39 Å². The van der Waals surface area contributed by atoms with Gasteiger partial charge in [0.15, 0.2) is 0 Å². The van der Waals surface area contributed by atoms with E-state index >= 15 is 0 Å². The monoisotopic (exact) mass is 258 g/mol. The Bertz CT molecular complexity index is 203. The summed E-state index contributed by atoms with van der Waals surface area (Å²) >= 11 is 0. The maximum absolute atomic E-state index is 12.1. The summed E-state index contributed by atoms with van der Waals surface area (Å²) in [6.07, 6.45) is 10.6. The van der Waals surface area contributed by atoms with E-state index in [1.807, 2.05) is 0 Å². The molecule has 1 fully saturated rings. The number of rotatable bonds is 9. The number of nitrogens with two attached hydrogens (primary N) is 1. The average Bonchev–Trinajstić information content (AvgIpc) is 2.43. The van der Waals surface area contributed by atoms with Crippen molar-refractivity contribution in [2.24, 2.45) is 5.73 Å². The number of hydrogen-bond acceptors (Lipinski definition) is 2. The molecule has 0 amide bonds. The van der Waals surface area contributed by atoms with Crippen molar-refractivity contribution in [3.63, 3.8) is 0 Å². The lowest BCUT2D eigenvalue weighted by Crippen LogP contribution is -2.55. The van der Waals surface area contributed by atoms with Crippen LogP contribution in [0, 0.1) is 0 Å². The lowest BCUT2D eigenvalue weighted by atomic mass is 9.80. The van der Waals surface area contributed by atoms with Gasteiger partial charge in [0.25, 0.3) is 0 Å². The largest absolute Gasteiger partial charge is 0.329 e. The van der Waals surface area contributed by atoms with Crippen LogP contribution in [-0.4, -0.2) is 36.7 Å². The third-order valence-corrected chi connectivity index (χ3v) is 4.39. The van der Waals surface area contributed by atoms with Gasteiger partial charge in [-0.05, 0) is 51.6 Å². The Morgan fingerprint density at radius 2 is 1.78 bits per heavy atom. The van der Waals surface area contributed by atoms with Crippen molar-refractivity contribution in [2.45, 2.75) is 70.3 Å². The fraction of sp³-hybridized carbons (Fsp3) is 1.00. The molecule has 0 aromatic carbocycles. The second-order valence-corrected chi connectivity index (χ2v) is 5.73. The topological polar surface area (TPSA) is 29.3 Å². The van der Waals surface area contributed by atoms with Crippen LogP contribution in [0.2, 0.25) is 0 Å². The van der Waals surface area contributed by atoms with Crippen LogP contribution in [0.3, 0.4) is 0 Å². The molecule has 0 unspecified atom stereocenters. The van der Waals surface area contributed by atoms with Crippen molar-refractivity contribution in [3.8, 4) is 0 Å². The lowest BCUT2D eigenvalue weighted by Gasteiger charge is -2.46. The molecule has 1 aliphatic carbocycles. The summed E-state index contributed by atoms with van der Waals surface area (Å²) in [4.78, 5) is 2.62. The molecule has 1 saturated carbocycles. The minimum absolute atomic E-state index is 0.171. The van der Waals surface area contributed by atoms with Crippen molar-refractivity contribution in [2.75, 3.05) is 26.3 Å². The molecule has 0 heterocycles. The highest BCUT2D eigenvalue weighted by molar-refractivity contribution is 4.94.